The highest BCUT2D eigenvalue weighted by atomic mass is 16.5. The van der Waals surface area contributed by atoms with Gasteiger partial charge in [0.1, 0.15) is 6.10 Å². The lowest BCUT2D eigenvalue weighted by atomic mass is 9.87. The Kier molecular flexibility index (Phi) is 5.80. The molecule has 2 rings (SSSR count). The molecular formula is C19H27NO3. The van der Waals surface area contributed by atoms with Gasteiger partial charge in [-0.3, -0.25) is 4.79 Å². The van der Waals surface area contributed by atoms with Crippen molar-refractivity contribution >= 4 is 11.9 Å². The van der Waals surface area contributed by atoms with E-state index in [1.165, 1.54) is 5.57 Å². The topological polar surface area (TPSA) is 46.6 Å². The van der Waals surface area contributed by atoms with Crippen molar-refractivity contribution in [2.24, 2.45) is 5.92 Å². The van der Waals surface area contributed by atoms with Gasteiger partial charge < -0.3 is 9.64 Å². The van der Waals surface area contributed by atoms with Gasteiger partial charge in [0.05, 0.1) is 0 Å². The molecule has 0 radical (unpaired) electrons. The molecule has 2 unspecified atom stereocenters. The predicted octanol–water partition coefficient (Wildman–Crippen LogP) is 3.40. The summed E-state index contributed by atoms with van der Waals surface area (Å²) in [4.78, 5) is 26.3. The molecule has 2 aliphatic rings. The second-order valence-corrected chi connectivity index (χ2v) is 6.30. The van der Waals surface area contributed by atoms with Crippen LogP contribution in [0.4, 0.5) is 0 Å². The molecule has 1 fully saturated rings. The zero-order chi connectivity index (χ0) is 17.0. The Labute approximate surface area is 138 Å². The number of carbonyl (C=O) groups is 2. The Morgan fingerprint density at radius 3 is 2.70 bits per heavy atom. The quantitative estimate of drug-likeness (QED) is 0.455. The van der Waals surface area contributed by atoms with Crippen molar-refractivity contribution in [1.82, 2.24) is 4.90 Å². The molecule has 4 nitrogen and oxygen atoms in total. The third-order valence-corrected chi connectivity index (χ3v) is 4.78. The van der Waals surface area contributed by atoms with Crippen LogP contribution in [0.25, 0.3) is 0 Å². The summed E-state index contributed by atoms with van der Waals surface area (Å²) in [7, 11) is 0. The van der Waals surface area contributed by atoms with E-state index in [4.69, 9.17) is 4.74 Å². The summed E-state index contributed by atoms with van der Waals surface area (Å²) in [5.41, 5.74) is 2.58. The van der Waals surface area contributed by atoms with Crippen molar-refractivity contribution in [3.63, 3.8) is 0 Å². The van der Waals surface area contributed by atoms with Crippen LogP contribution in [0.15, 0.2) is 35.5 Å². The maximum Gasteiger partial charge on any atom is 0.334 e. The Bertz CT molecular complexity index is 555. The van der Waals surface area contributed by atoms with Gasteiger partial charge in [0, 0.05) is 30.2 Å². The number of allylic oxidation sites excluding steroid dienone is 2. The molecule has 126 valence electrons. The highest BCUT2D eigenvalue weighted by Gasteiger charge is 2.37. The largest absolute Gasteiger partial charge is 0.454 e. The molecule has 1 aliphatic carbocycles. The average Bonchev–Trinajstić information content (AvgIpc) is 2.78. The van der Waals surface area contributed by atoms with Crippen LogP contribution in [-0.2, 0) is 14.3 Å². The summed E-state index contributed by atoms with van der Waals surface area (Å²) < 4.78 is 5.44. The van der Waals surface area contributed by atoms with Crippen LogP contribution in [0.1, 0.15) is 46.5 Å². The molecule has 0 N–H and O–H groups in total. The van der Waals surface area contributed by atoms with Crippen LogP contribution >= 0.6 is 0 Å². The van der Waals surface area contributed by atoms with Crippen molar-refractivity contribution in [3.05, 3.63) is 35.5 Å². The molecule has 0 aromatic rings. The SMILES string of the molecule is C=C1C(=O)OC2/C=C(/C)CC/C=C(/C(=O)N(CC)CC)CCC12. The molecule has 4 heteroatoms. The second-order valence-electron chi connectivity index (χ2n) is 6.30. The molecule has 0 aromatic heterocycles. The van der Waals surface area contributed by atoms with Crippen LogP contribution in [0.5, 0.6) is 0 Å². The lowest BCUT2D eigenvalue weighted by Crippen LogP contribution is -2.32. The van der Waals surface area contributed by atoms with Gasteiger partial charge in [0.2, 0.25) is 5.91 Å². The molecular weight excluding hydrogens is 290 g/mol. The van der Waals surface area contributed by atoms with Crippen molar-refractivity contribution in [2.75, 3.05) is 13.1 Å². The molecule has 23 heavy (non-hydrogen) atoms. The van der Waals surface area contributed by atoms with E-state index >= 15 is 0 Å². The minimum atomic E-state index is -0.302. The Hall–Kier alpha value is -1.84. The van der Waals surface area contributed by atoms with E-state index in [-0.39, 0.29) is 23.9 Å². The van der Waals surface area contributed by atoms with Gasteiger partial charge in [-0.1, -0.05) is 18.2 Å². The third kappa shape index (κ3) is 3.92. The fourth-order valence-electron chi connectivity index (χ4n) is 3.28. The van der Waals surface area contributed by atoms with Gasteiger partial charge in [-0.2, -0.15) is 0 Å². The number of hydrogen-bond donors (Lipinski definition) is 0. The minimum absolute atomic E-state index is 0.0246. The van der Waals surface area contributed by atoms with Gasteiger partial charge in [-0.05, 0) is 52.5 Å². The lowest BCUT2D eigenvalue weighted by molar-refractivity contribution is -0.137. The molecule has 2 atom stereocenters. The number of ether oxygens (including phenoxy) is 1. The van der Waals surface area contributed by atoms with Crippen molar-refractivity contribution in [2.45, 2.75) is 52.6 Å². The van der Waals surface area contributed by atoms with E-state index in [2.05, 4.69) is 12.7 Å². The Balaban J connectivity index is 2.22. The maximum atomic E-state index is 12.7. The number of nitrogens with zero attached hydrogens (tertiary/aromatic N) is 1. The summed E-state index contributed by atoms with van der Waals surface area (Å²) in [5, 5.41) is 0. The van der Waals surface area contributed by atoms with Gasteiger partial charge in [-0.25, -0.2) is 4.79 Å². The van der Waals surface area contributed by atoms with E-state index in [0.29, 0.717) is 25.1 Å². The normalized spacial score (nSPS) is 29.7. The number of likely N-dealkylation sites (N-methyl/N-ethyl adjacent to an activating group) is 1. The van der Waals surface area contributed by atoms with Gasteiger partial charge in [0.15, 0.2) is 0 Å². The van der Waals surface area contributed by atoms with Crippen LogP contribution in [-0.4, -0.2) is 36.0 Å². The summed E-state index contributed by atoms with van der Waals surface area (Å²) in [6.45, 7) is 11.4. The Morgan fingerprint density at radius 1 is 1.35 bits per heavy atom. The molecule has 1 heterocycles. The number of amides is 1. The van der Waals surface area contributed by atoms with Crippen LogP contribution < -0.4 is 0 Å². The lowest BCUT2D eigenvalue weighted by Gasteiger charge is -2.23. The highest BCUT2D eigenvalue weighted by molar-refractivity contribution is 5.93. The van der Waals surface area contributed by atoms with Crippen molar-refractivity contribution in [1.29, 1.82) is 0 Å². The van der Waals surface area contributed by atoms with Crippen LogP contribution in [0.2, 0.25) is 0 Å². The first-order chi connectivity index (χ1) is 11.0. The fraction of sp³-hybridized carbons (Fsp3) is 0.579. The summed E-state index contributed by atoms with van der Waals surface area (Å²) >= 11 is 0. The standard InChI is InChI=1S/C19H27NO3/c1-5-20(6-2)18(21)15-9-7-8-13(3)12-17-16(11-10-15)14(4)19(22)23-17/h9,12,16-17H,4-8,10-11H2,1-3H3/b13-12-,15-9+. The monoisotopic (exact) mass is 317 g/mol. The van der Waals surface area contributed by atoms with E-state index in [9.17, 15) is 9.59 Å². The molecule has 1 amide bonds. The number of carbonyl (C=O) groups excluding carboxylic acids is 2. The average molecular weight is 317 g/mol. The van der Waals surface area contributed by atoms with Gasteiger partial charge >= 0.3 is 5.97 Å². The smallest absolute Gasteiger partial charge is 0.334 e. The van der Waals surface area contributed by atoms with Crippen molar-refractivity contribution < 1.29 is 14.3 Å². The van der Waals surface area contributed by atoms with Gasteiger partial charge in [-0.15, -0.1) is 0 Å². The molecule has 0 saturated carbocycles. The van der Waals surface area contributed by atoms with E-state index < -0.39 is 0 Å². The molecule has 0 bridgehead atoms. The summed E-state index contributed by atoms with van der Waals surface area (Å²) in [6, 6.07) is 0. The van der Waals surface area contributed by atoms with Crippen LogP contribution in [0.3, 0.4) is 0 Å². The van der Waals surface area contributed by atoms with Crippen molar-refractivity contribution in [3.8, 4) is 0 Å². The third-order valence-electron chi connectivity index (χ3n) is 4.78. The van der Waals surface area contributed by atoms with Gasteiger partial charge in [0.25, 0.3) is 0 Å². The second kappa shape index (κ2) is 7.62. The zero-order valence-corrected chi connectivity index (χ0v) is 14.4. The minimum Gasteiger partial charge on any atom is -0.454 e. The van der Waals surface area contributed by atoms with E-state index in [1.54, 1.807) is 0 Å². The Morgan fingerprint density at radius 2 is 2.04 bits per heavy atom. The number of rotatable bonds is 3. The first-order valence-corrected chi connectivity index (χ1v) is 8.53. The molecule has 0 aromatic carbocycles. The summed E-state index contributed by atoms with van der Waals surface area (Å²) in [5.74, 6) is -0.211. The predicted molar refractivity (Wildman–Crippen MR) is 90.7 cm³/mol. The molecule has 1 aliphatic heterocycles. The number of fused-ring (bicyclic) bond motifs is 1. The van der Waals surface area contributed by atoms with Crippen LogP contribution in [0, 0.1) is 5.92 Å². The van der Waals surface area contributed by atoms with E-state index in [1.807, 2.05) is 31.7 Å². The maximum absolute atomic E-state index is 12.7. The first-order valence-electron chi connectivity index (χ1n) is 8.53. The first kappa shape index (κ1) is 17.5. The molecule has 1 saturated heterocycles. The molecule has 0 spiro atoms. The zero-order valence-electron chi connectivity index (χ0n) is 14.4. The number of esters is 1. The summed E-state index contributed by atoms with van der Waals surface area (Å²) in [6.07, 6.45) is 7.00. The fourth-order valence-corrected chi connectivity index (χ4v) is 3.28. The van der Waals surface area contributed by atoms with E-state index in [0.717, 1.165) is 24.8 Å². The highest BCUT2D eigenvalue weighted by Crippen LogP contribution is 2.34. The number of hydrogen-bond acceptors (Lipinski definition) is 3.